The van der Waals surface area contributed by atoms with Crippen molar-refractivity contribution in [2.45, 2.75) is 76.9 Å². The summed E-state index contributed by atoms with van der Waals surface area (Å²) >= 11 is 0. The monoisotopic (exact) mass is 380 g/mol. The third kappa shape index (κ3) is 6.96. The number of aryl methyl sites for hydroxylation is 1. The zero-order chi connectivity index (χ0) is 18.8. The Labute approximate surface area is 157 Å². The fourth-order valence-electron chi connectivity index (χ4n) is 3.51. The van der Waals surface area contributed by atoms with Crippen LogP contribution in [-0.4, -0.2) is 29.0 Å². The molecule has 0 bridgehead atoms. The molecular formula is C20H33N2O3P. The smallest absolute Gasteiger partial charge is 0.254 e. The van der Waals surface area contributed by atoms with Crippen molar-refractivity contribution < 1.29 is 14.3 Å². The van der Waals surface area contributed by atoms with Gasteiger partial charge in [0, 0.05) is 12.6 Å². The van der Waals surface area contributed by atoms with Crippen LogP contribution in [0.5, 0.6) is 0 Å². The molecule has 0 radical (unpaired) electrons. The topological polar surface area (TPSA) is 78.4 Å². The van der Waals surface area contributed by atoms with Gasteiger partial charge >= 0.3 is 0 Å². The van der Waals surface area contributed by atoms with Crippen LogP contribution in [0.4, 0.5) is 0 Å². The van der Waals surface area contributed by atoms with Gasteiger partial charge in [0.25, 0.3) is 8.03 Å². The van der Waals surface area contributed by atoms with Crippen LogP contribution in [0.15, 0.2) is 24.3 Å². The quantitative estimate of drug-likeness (QED) is 0.383. The van der Waals surface area contributed by atoms with E-state index >= 15 is 0 Å². The van der Waals surface area contributed by atoms with Crippen LogP contribution in [-0.2, 0) is 22.3 Å². The van der Waals surface area contributed by atoms with E-state index in [1.807, 2.05) is 0 Å². The molecule has 26 heavy (non-hydrogen) atoms. The highest BCUT2D eigenvalue weighted by Crippen LogP contribution is 2.22. The first-order valence-electron chi connectivity index (χ1n) is 9.93. The molecule has 3 atom stereocenters. The molecule has 146 valence electrons. The van der Waals surface area contributed by atoms with Gasteiger partial charge in [-0.25, -0.2) is 0 Å². The summed E-state index contributed by atoms with van der Waals surface area (Å²) < 4.78 is 11.1. The Kier molecular flexibility index (Phi) is 9.55. The third-order valence-corrected chi connectivity index (χ3v) is 5.86. The van der Waals surface area contributed by atoms with E-state index in [-0.39, 0.29) is 6.04 Å². The summed E-state index contributed by atoms with van der Waals surface area (Å²) in [6, 6.07) is 8.02. The minimum atomic E-state index is -3.12. The zero-order valence-electron chi connectivity index (χ0n) is 15.8. The molecule has 1 aromatic carbocycles. The predicted molar refractivity (Wildman–Crippen MR) is 107 cm³/mol. The van der Waals surface area contributed by atoms with E-state index in [9.17, 15) is 9.36 Å². The second-order valence-corrected chi connectivity index (χ2v) is 8.31. The average Bonchev–Trinajstić information content (AvgIpc) is 3.11. The van der Waals surface area contributed by atoms with Crippen molar-refractivity contribution in [1.82, 2.24) is 10.6 Å². The molecule has 3 N–H and O–H groups in total. The maximum absolute atomic E-state index is 11.8. The number of rotatable bonds is 12. The van der Waals surface area contributed by atoms with Crippen molar-refractivity contribution in [2.24, 2.45) is 0 Å². The lowest BCUT2D eigenvalue weighted by molar-refractivity contribution is -0.114. The normalized spacial score (nSPS) is 21.0. The number of carbonyl (C=O) groups is 1. The molecular weight excluding hydrogens is 347 g/mol. The van der Waals surface area contributed by atoms with E-state index in [1.165, 1.54) is 49.7 Å². The van der Waals surface area contributed by atoms with Crippen molar-refractivity contribution >= 4 is 13.6 Å². The first-order valence-corrected chi connectivity index (χ1v) is 11.3. The standard InChI is InChI=1S/C20H33N2O3P/c1-2-3-4-5-6-7-8-16-9-11-17(12-10-16)15-22-18-13-14-21-19(18)20(23)26(24)25/h9-12,18-19,21-22,26H,2-8,13-15H2,1H3,(H,24,25)/t18?,19-/m0/s1. The van der Waals surface area contributed by atoms with E-state index < -0.39 is 19.6 Å². The van der Waals surface area contributed by atoms with Gasteiger partial charge in [0.05, 0.1) is 6.04 Å². The van der Waals surface area contributed by atoms with E-state index in [0.717, 1.165) is 12.8 Å². The zero-order valence-corrected chi connectivity index (χ0v) is 16.8. The molecule has 0 aliphatic carbocycles. The summed E-state index contributed by atoms with van der Waals surface area (Å²) in [4.78, 5) is 20.9. The minimum absolute atomic E-state index is 0.0774. The Balaban J connectivity index is 1.71. The molecule has 1 aromatic rings. The molecule has 1 fully saturated rings. The fourth-order valence-corrected chi connectivity index (χ4v) is 4.08. The first kappa shape index (κ1) is 21.3. The minimum Gasteiger partial charge on any atom is -0.341 e. The van der Waals surface area contributed by atoms with Gasteiger partial charge in [-0.05, 0) is 36.9 Å². The van der Waals surface area contributed by atoms with Crippen LogP contribution < -0.4 is 10.6 Å². The molecule has 5 nitrogen and oxygen atoms in total. The molecule has 6 heteroatoms. The van der Waals surface area contributed by atoms with Gasteiger partial charge in [-0.2, -0.15) is 0 Å². The predicted octanol–water partition coefficient (Wildman–Crippen LogP) is 3.40. The SMILES string of the molecule is CCCCCCCCc1ccc(CNC2CCN[C@@H]2C(=O)[PH](=O)O)cc1. The molecule has 1 aliphatic rings. The van der Waals surface area contributed by atoms with Crippen LogP contribution in [0, 0.1) is 0 Å². The summed E-state index contributed by atoms with van der Waals surface area (Å²) in [6.07, 6.45) is 9.81. The molecule has 2 rings (SSSR count). The van der Waals surface area contributed by atoms with Gasteiger partial charge < -0.3 is 15.5 Å². The van der Waals surface area contributed by atoms with Crippen LogP contribution in [0.2, 0.25) is 0 Å². The lowest BCUT2D eigenvalue weighted by atomic mass is 10.0. The van der Waals surface area contributed by atoms with Crippen molar-refractivity contribution in [1.29, 1.82) is 0 Å². The Morgan fingerprint density at radius 2 is 1.81 bits per heavy atom. The fraction of sp³-hybridized carbons (Fsp3) is 0.650. The maximum atomic E-state index is 11.8. The Morgan fingerprint density at radius 1 is 1.15 bits per heavy atom. The summed E-state index contributed by atoms with van der Waals surface area (Å²) in [5.74, 6) is 0. The summed E-state index contributed by atoms with van der Waals surface area (Å²) in [5.41, 5.74) is 1.98. The van der Waals surface area contributed by atoms with Gasteiger partial charge in [-0.15, -0.1) is 0 Å². The number of carbonyl (C=O) groups excluding carboxylic acids is 1. The number of benzene rings is 1. The number of hydrogen-bond acceptors (Lipinski definition) is 4. The lowest BCUT2D eigenvalue weighted by Gasteiger charge is -2.18. The highest BCUT2D eigenvalue weighted by Gasteiger charge is 2.34. The Bertz CT molecular complexity index is 577. The summed E-state index contributed by atoms with van der Waals surface area (Å²) in [6.45, 7) is 3.60. The second kappa shape index (κ2) is 11.7. The van der Waals surface area contributed by atoms with Gasteiger partial charge in [0.15, 0.2) is 0 Å². The number of hydrogen-bond donors (Lipinski definition) is 3. The van der Waals surface area contributed by atoms with Gasteiger partial charge in [0.2, 0.25) is 5.52 Å². The molecule has 0 amide bonds. The second-order valence-electron chi connectivity index (χ2n) is 7.21. The highest BCUT2D eigenvalue weighted by atomic mass is 31.1. The van der Waals surface area contributed by atoms with E-state index in [1.54, 1.807) is 0 Å². The Morgan fingerprint density at radius 3 is 2.50 bits per heavy atom. The van der Waals surface area contributed by atoms with Crippen LogP contribution in [0.3, 0.4) is 0 Å². The van der Waals surface area contributed by atoms with E-state index in [2.05, 4.69) is 41.8 Å². The van der Waals surface area contributed by atoms with Crippen LogP contribution >= 0.6 is 8.03 Å². The van der Waals surface area contributed by atoms with E-state index in [0.29, 0.717) is 13.1 Å². The number of nitrogens with one attached hydrogen (secondary N) is 2. The summed E-state index contributed by atoms with van der Waals surface area (Å²) in [5, 5.41) is 6.39. The highest BCUT2D eigenvalue weighted by molar-refractivity contribution is 7.58. The summed E-state index contributed by atoms with van der Waals surface area (Å²) in [7, 11) is -3.12. The molecule has 2 unspecified atom stereocenters. The lowest BCUT2D eigenvalue weighted by Crippen LogP contribution is -2.44. The number of unbranched alkanes of at least 4 members (excludes halogenated alkanes) is 5. The Hall–Kier alpha value is -1.00. The molecule has 0 aromatic heterocycles. The van der Waals surface area contributed by atoms with E-state index in [4.69, 9.17) is 4.89 Å². The molecule has 0 saturated carbocycles. The molecule has 0 spiro atoms. The van der Waals surface area contributed by atoms with Crippen LogP contribution in [0.25, 0.3) is 0 Å². The van der Waals surface area contributed by atoms with Gasteiger partial charge in [-0.3, -0.25) is 9.36 Å². The van der Waals surface area contributed by atoms with Gasteiger partial charge in [0.1, 0.15) is 0 Å². The largest absolute Gasteiger partial charge is 0.341 e. The third-order valence-electron chi connectivity index (χ3n) is 5.13. The average molecular weight is 380 g/mol. The maximum Gasteiger partial charge on any atom is 0.254 e. The van der Waals surface area contributed by atoms with Crippen molar-refractivity contribution in [3.63, 3.8) is 0 Å². The van der Waals surface area contributed by atoms with Crippen LogP contribution in [0.1, 0.15) is 63.0 Å². The van der Waals surface area contributed by atoms with Gasteiger partial charge in [-0.1, -0.05) is 63.3 Å². The van der Waals surface area contributed by atoms with Crippen molar-refractivity contribution in [2.75, 3.05) is 6.54 Å². The molecule has 1 aliphatic heterocycles. The molecule has 1 saturated heterocycles. The van der Waals surface area contributed by atoms with Crippen molar-refractivity contribution in [3.8, 4) is 0 Å². The van der Waals surface area contributed by atoms with Crippen molar-refractivity contribution in [3.05, 3.63) is 35.4 Å². The first-order chi connectivity index (χ1) is 12.6. The molecule has 1 heterocycles.